The van der Waals surface area contributed by atoms with Crippen molar-refractivity contribution in [2.45, 2.75) is 44.0 Å². The number of hydrogen-bond acceptors (Lipinski definition) is 5. The number of amides is 1. The third-order valence-electron chi connectivity index (χ3n) is 7.52. The maximum absolute atomic E-state index is 15.9. The molecule has 2 aromatic heterocycles. The summed E-state index contributed by atoms with van der Waals surface area (Å²) in [6.45, 7) is 0.0993. The van der Waals surface area contributed by atoms with Crippen LogP contribution in [0.2, 0.25) is 0 Å². The van der Waals surface area contributed by atoms with Crippen LogP contribution < -0.4 is 10.6 Å². The van der Waals surface area contributed by atoms with E-state index in [-0.39, 0.29) is 47.2 Å². The summed E-state index contributed by atoms with van der Waals surface area (Å²) in [4.78, 5) is 21.9. The van der Waals surface area contributed by atoms with E-state index in [0.717, 1.165) is 0 Å². The average molecular weight is 661 g/mol. The molecule has 1 saturated carbocycles. The summed E-state index contributed by atoms with van der Waals surface area (Å²) in [5, 5.41) is 10.2. The fourth-order valence-electron chi connectivity index (χ4n) is 5.43. The van der Waals surface area contributed by atoms with Gasteiger partial charge in [-0.2, -0.15) is 47.6 Å². The van der Waals surface area contributed by atoms with Crippen molar-refractivity contribution in [1.82, 2.24) is 14.5 Å². The number of aliphatic hydroxyl groups is 1. The number of alkyl halides is 3. The first-order valence-electron chi connectivity index (χ1n) is 12.9. The van der Waals surface area contributed by atoms with Crippen molar-refractivity contribution in [2.75, 3.05) is 17.2 Å². The number of hydrogen-bond donors (Lipinski definition) is 2. The molecule has 16 heteroatoms. The van der Waals surface area contributed by atoms with Crippen LogP contribution >= 0.6 is 34.4 Å². The second kappa shape index (κ2) is 12.1. The smallest absolute Gasteiger partial charge is 0.393 e. The Morgan fingerprint density at radius 2 is 1.79 bits per heavy atom. The molecular formula is C27H22BCl3F5N5O2. The zero-order chi connectivity index (χ0) is 31.2. The Kier molecular flexibility index (Phi) is 8.81. The highest BCUT2D eigenvalue weighted by Gasteiger charge is 2.34. The van der Waals surface area contributed by atoms with E-state index in [2.05, 4.69) is 9.97 Å². The maximum atomic E-state index is 15.9. The normalized spacial score (nSPS) is 17.7. The number of fused-ring (bicyclic) bond motifs is 2. The molecule has 6 rings (SSSR count). The third-order valence-corrected chi connectivity index (χ3v) is 7.52. The van der Waals surface area contributed by atoms with E-state index >= 15 is 4.39 Å². The minimum Gasteiger partial charge on any atom is -0.393 e. The number of rotatable bonds is 4. The van der Waals surface area contributed by atoms with Gasteiger partial charge in [0.05, 0.1) is 23.5 Å². The summed E-state index contributed by atoms with van der Waals surface area (Å²) in [5.74, 6) is -1.96. The van der Waals surface area contributed by atoms with E-state index in [1.807, 2.05) is 4.57 Å². The number of nitrogens with zero attached hydrogens (tertiary/aromatic N) is 4. The van der Waals surface area contributed by atoms with Crippen molar-refractivity contribution in [1.29, 1.82) is 0 Å². The van der Waals surface area contributed by atoms with Crippen LogP contribution in [-0.4, -0.2) is 43.2 Å². The Morgan fingerprint density at radius 3 is 2.44 bits per heavy atom. The molecule has 3 heterocycles. The Hall–Kier alpha value is -3.13. The maximum Gasteiger partial charge on any atom is 0.450 e. The van der Waals surface area contributed by atoms with Crippen LogP contribution in [0, 0.1) is 11.6 Å². The lowest BCUT2D eigenvalue weighted by Crippen LogP contribution is -2.30. The number of carbonyl (C=O) groups is 1. The molecule has 1 aliphatic heterocycles. The van der Waals surface area contributed by atoms with Gasteiger partial charge in [0.2, 0.25) is 5.91 Å². The van der Waals surface area contributed by atoms with Crippen LogP contribution in [0.1, 0.15) is 35.6 Å². The van der Waals surface area contributed by atoms with Gasteiger partial charge in [0.25, 0.3) is 0 Å². The van der Waals surface area contributed by atoms with E-state index < -0.39 is 46.8 Å². The van der Waals surface area contributed by atoms with Gasteiger partial charge in [-0.3, -0.25) is 4.79 Å². The van der Waals surface area contributed by atoms with Gasteiger partial charge >= 0.3 is 11.1 Å². The van der Waals surface area contributed by atoms with Crippen molar-refractivity contribution in [2.24, 2.45) is 0 Å². The molecule has 4 aromatic rings. The van der Waals surface area contributed by atoms with E-state index in [0.29, 0.717) is 47.6 Å². The second-order valence-corrected chi connectivity index (χ2v) is 12.1. The highest BCUT2D eigenvalue weighted by Crippen LogP contribution is 2.43. The first-order valence-corrected chi connectivity index (χ1v) is 14.3. The van der Waals surface area contributed by atoms with E-state index in [1.54, 1.807) is 12.3 Å². The molecule has 0 saturated heterocycles. The van der Waals surface area contributed by atoms with Gasteiger partial charge < -0.3 is 20.3 Å². The monoisotopic (exact) mass is 659 g/mol. The van der Waals surface area contributed by atoms with Crippen LogP contribution in [-0.2, 0) is 23.8 Å². The Balaban J connectivity index is 0.000000868. The zero-order valence-electron chi connectivity index (χ0n) is 22.1. The van der Waals surface area contributed by atoms with Gasteiger partial charge in [-0.1, -0.05) is 0 Å². The highest BCUT2D eigenvalue weighted by atomic mass is 35.6. The fourth-order valence-corrected chi connectivity index (χ4v) is 5.43. The first kappa shape index (κ1) is 31.3. The first-order chi connectivity index (χ1) is 20.3. The molecule has 2 aromatic carbocycles. The van der Waals surface area contributed by atoms with Gasteiger partial charge in [0.15, 0.2) is 0 Å². The van der Waals surface area contributed by atoms with E-state index in [9.17, 15) is 27.5 Å². The van der Waals surface area contributed by atoms with Crippen LogP contribution in [0.25, 0.3) is 22.2 Å². The summed E-state index contributed by atoms with van der Waals surface area (Å²) in [5.41, 5.74) is 6.49. The lowest BCUT2D eigenvalue weighted by atomic mass is 9.89. The molecule has 7 nitrogen and oxygen atoms in total. The molecule has 43 heavy (non-hydrogen) atoms. The summed E-state index contributed by atoms with van der Waals surface area (Å²) in [6.07, 6.45) is -1.40. The van der Waals surface area contributed by atoms with Crippen molar-refractivity contribution in [3.63, 3.8) is 0 Å². The SMILES string of the molecule is ClB(Cl)Cl.Nc1ncnc2c1c(-c1ccc3c(c1F)CCN3C(=O)Cc1cc(C(F)(F)F)ccc1F)cn2C1CC(O)C1. The number of halogens is 8. The second-order valence-electron chi connectivity index (χ2n) is 10.1. The lowest BCUT2D eigenvalue weighted by Gasteiger charge is -2.32. The summed E-state index contributed by atoms with van der Waals surface area (Å²) in [7, 11) is 0. The molecule has 1 aliphatic carbocycles. The molecule has 2 aliphatic rings. The highest BCUT2D eigenvalue weighted by molar-refractivity contribution is 7.54. The number of aliphatic hydroxyl groups excluding tert-OH is 1. The number of aromatic nitrogens is 3. The molecule has 1 amide bonds. The molecule has 0 spiro atoms. The van der Waals surface area contributed by atoms with Gasteiger partial charge in [-0.15, -0.1) is 0 Å². The van der Waals surface area contributed by atoms with Crippen molar-refractivity contribution in [3.8, 4) is 11.1 Å². The minimum atomic E-state index is -4.68. The number of nitrogen functional groups attached to an aromatic ring is 1. The average Bonchev–Trinajstić information content (AvgIpc) is 3.51. The topological polar surface area (TPSA) is 97.3 Å². The number of benzene rings is 2. The van der Waals surface area contributed by atoms with E-state index in [1.165, 1.54) is 17.3 Å². The standard InChI is InChI=1S/C27H22F5N5O2.BCl3/c28-20-3-1-14(27(30,31)32)7-13(20)8-22(39)36-6-5-18-21(36)4-2-17(24(18)29)19-11-37(15-9-16(38)10-15)26-23(19)25(33)34-12-35-26;2-1(3)4/h1-4,7,11-12,15-16,38H,5-6,8-10H2,(H2,33,34,35);. The Bertz CT molecular complexity index is 1700. The molecular weight excluding hydrogens is 638 g/mol. The van der Waals surface area contributed by atoms with Gasteiger partial charge in [0, 0.05) is 41.2 Å². The lowest BCUT2D eigenvalue weighted by molar-refractivity contribution is -0.137. The minimum absolute atomic E-state index is 0.0209. The molecule has 0 bridgehead atoms. The van der Waals surface area contributed by atoms with Crippen molar-refractivity contribution in [3.05, 3.63) is 71.2 Å². The third kappa shape index (κ3) is 6.26. The predicted molar refractivity (Wildman–Crippen MR) is 156 cm³/mol. The van der Waals surface area contributed by atoms with Crippen LogP contribution in [0.4, 0.5) is 33.5 Å². The molecule has 226 valence electrons. The summed E-state index contributed by atoms with van der Waals surface area (Å²) in [6, 6.07) is 4.98. The Labute approximate surface area is 257 Å². The molecule has 0 atom stereocenters. The quantitative estimate of drug-likeness (QED) is 0.193. The molecule has 0 radical (unpaired) electrons. The van der Waals surface area contributed by atoms with Gasteiger partial charge in [-0.05, 0) is 55.2 Å². The summed E-state index contributed by atoms with van der Waals surface area (Å²) >= 11 is 14.4. The predicted octanol–water partition coefficient (Wildman–Crippen LogP) is 6.49. The zero-order valence-corrected chi connectivity index (χ0v) is 24.3. The van der Waals surface area contributed by atoms with Crippen LogP contribution in [0.5, 0.6) is 0 Å². The molecule has 3 N–H and O–H groups in total. The number of nitrogens with two attached hydrogens (primary N) is 1. The van der Waals surface area contributed by atoms with Gasteiger partial charge in [0.1, 0.15) is 29.4 Å². The summed E-state index contributed by atoms with van der Waals surface area (Å²) < 4.78 is 71.3. The molecule has 1 fully saturated rings. The van der Waals surface area contributed by atoms with Crippen LogP contribution in [0.3, 0.4) is 0 Å². The van der Waals surface area contributed by atoms with Crippen molar-refractivity contribution >= 4 is 67.8 Å². The van der Waals surface area contributed by atoms with Gasteiger partial charge in [-0.25, -0.2) is 18.7 Å². The van der Waals surface area contributed by atoms with Crippen molar-refractivity contribution < 1.29 is 31.9 Å². The number of anilines is 2. The van der Waals surface area contributed by atoms with E-state index in [4.69, 9.17) is 40.1 Å². The Morgan fingerprint density at radius 1 is 1.09 bits per heavy atom. The van der Waals surface area contributed by atoms with Crippen LogP contribution in [0.15, 0.2) is 42.9 Å². The molecule has 0 unspecified atom stereocenters. The fraction of sp³-hybridized carbons (Fsp3) is 0.296. The number of carbonyl (C=O) groups excluding carboxylic acids is 1. The largest absolute Gasteiger partial charge is 0.450 e.